The summed E-state index contributed by atoms with van der Waals surface area (Å²) in [7, 11) is 0. The topological polar surface area (TPSA) is 73.2 Å². The van der Waals surface area contributed by atoms with Gasteiger partial charge in [0, 0.05) is 18.5 Å². The average Bonchev–Trinajstić information content (AvgIpc) is 2.77. The van der Waals surface area contributed by atoms with E-state index in [1.54, 1.807) is 0 Å². The van der Waals surface area contributed by atoms with Crippen molar-refractivity contribution in [3.8, 4) is 0 Å². The Morgan fingerprint density at radius 2 is 2.44 bits per heavy atom. The largest absolute Gasteiger partial charge is 0.286 e. The third-order valence-corrected chi connectivity index (χ3v) is 3.35. The molecular weight excluding hydrogens is 254 g/mol. The second-order valence-electron chi connectivity index (χ2n) is 4.40. The minimum Gasteiger partial charge on any atom is -0.286 e. The van der Waals surface area contributed by atoms with Gasteiger partial charge in [0.2, 0.25) is 0 Å². The molecule has 0 atom stereocenters. The molecule has 0 aromatic carbocycles. The zero-order chi connectivity index (χ0) is 13.1. The van der Waals surface area contributed by atoms with E-state index in [0.717, 1.165) is 5.75 Å². The third-order valence-electron chi connectivity index (χ3n) is 2.38. The number of carbonyl (C=O) groups excluding carboxylic acids is 1. The summed E-state index contributed by atoms with van der Waals surface area (Å²) < 4.78 is 1.52. The predicted octanol–water partition coefficient (Wildman–Crippen LogP) is 0.666. The molecular formula is C11H15N3O3S. The Bertz CT molecular complexity index is 513. The summed E-state index contributed by atoms with van der Waals surface area (Å²) in [5.74, 6) is 0.582. The minimum atomic E-state index is -0.541. The summed E-state index contributed by atoms with van der Waals surface area (Å²) in [5.41, 5.74) is 1.97. The fraction of sp³-hybridized carbons (Fsp3) is 0.545. The molecule has 0 radical (unpaired) electrons. The fourth-order valence-corrected chi connectivity index (χ4v) is 2.42. The van der Waals surface area contributed by atoms with Crippen LogP contribution >= 0.6 is 11.8 Å². The van der Waals surface area contributed by atoms with E-state index in [4.69, 9.17) is 4.84 Å². The number of nitrogens with zero attached hydrogens (tertiary/aromatic N) is 2. The van der Waals surface area contributed by atoms with Gasteiger partial charge >= 0.3 is 0 Å². The number of hydrogen-bond acceptors (Lipinski definition) is 5. The first-order valence-electron chi connectivity index (χ1n) is 5.74. The molecule has 2 heterocycles. The van der Waals surface area contributed by atoms with E-state index in [1.807, 2.05) is 13.8 Å². The van der Waals surface area contributed by atoms with E-state index in [0.29, 0.717) is 24.2 Å². The van der Waals surface area contributed by atoms with Gasteiger partial charge in [0.15, 0.2) is 5.16 Å². The van der Waals surface area contributed by atoms with Crippen molar-refractivity contribution >= 4 is 17.7 Å². The quantitative estimate of drug-likeness (QED) is 0.642. The highest BCUT2D eigenvalue weighted by molar-refractivity contribution is 7.99. The second kappa shape index (κ2) is 5.53. The molecule has 1 aliphatic rings. The lowest BCUT2D eigenvalue weighted by atomic mass is 10.2. The molecule has 0 aliphatic carbocycles. The SMILES string of the molecule is CC(C)CONC(=O)c1cnc2n(c1=O)CCS2. The van der Waals surface area contributed by atoms with Crippen LogP contribution in [0.25, 0.3) is 0 Å². The van der Waals surface area contributed by atoms with Gasteiger partial charge in [0.1, 0.15) is 5.56 Å². The number of carbonyl (C=O) groups is 1. The molecule has 0 bridgehead atoms. The van der Waals surface area contributed by atoms with E-state index in [-0.39, 0.29) is 11.1 Å². The zero-order valence-electron chi connectivity index (χ0n) is 10.3. The maximum atomic E-state index is 12.0. The van der Waals surface area contributed by atoms with Crippen LogP contribution in [0.5, 0.6) is 0 Å². The summed E-state index contributed by atoms with van der Waals surface area (Å²) in [6.45, 7) is 4.94. The van der Waals surface area contributed by atoms with Crippen LogP contribution in [0.2, 0.25) is 0 Å². The highest BCUT2D eigenvalue weighted by Gasteiger charge is 2.19. The van der Waals surface area contributed by atoms with Gasteiger partial charge in [0.05, 0.1) is 6.61 Å². The Hall–Kier alpha value is -1.34. The maximum Gasteiger partial charge on any atom is 0.282 e. The number of amides is 1. The molecule has 18 heavy (non-hydrogen) atoms. The lowest BCUT2D eigenvalue weighted by molar-refractivity contribution is 0.0206. The summed E-state index contributed by atoms with van der Waals surface area (Å²) in [6, 6.07) is 0. The fourth-order valence-electron chi connectivity index (χ4n) is 1.50. The molecule has 0 saturated carbocycles. The molecule has 2 rings (SSSR count). The van der Waals surface area contributed by atoms with Crippen LogP contribution in [0.15, 0.2) is 16.1 Å². The van der Waals surface area contributed by atoms with Crippen LogP contribution < -0.4 is 11.0 Å². The molecule has 1 aromatic heterocycles. The van der Waals surface area contributed by atoms with Crippen LogP contribution in [0.3, 0.4) is 0 Å². The first-order valence-corrected chi connectivity index (χ1v) is 6.73. The van der Waals surface area contributed by atoms with Crippen LogP contribution in [0, 0.1) is 5.92 Å². The highest BCUT2D eigenvalue weighted by Crippen LogP contribution is 2.20. The van der Waals surface area contributed by atoms with Crippen molar-refractivity contribution in [1.82, 2.24) is 15.0 Å². The van der Waals surface area contributed by atoms with Gasteiger partial charge in [-0.15, -0.1) is 0 Å². The van der Waals surface area contributed by atoms with Gasteiger partial charge < -0.3 is 0 Å². The Kier molecular flexibility index (Phi) is 4.03. The molecule has 1 N–H and O–H groups in total. The number of nitrogens with one attached hydrogen (secondary N) is 1. The van der Waals surface area contributed by atoms with Crippen LogP contribution in [-0.2, 0) is 11.4 Å². The summed E-state index contributed by atoms with van der Waals surface area (Å²) in [6.07, 6.45) is 1.31. The average molecular weight is 269 g/mol. The smallest absolute Gasteiger partial charge is 0.282 e. The summed E-state index contributed by atoms with van der Waals surface area (Å²) in [4.78, 5) is 32.8. The Labute approximate surface area is 109 Å². The van der Waals surface area contributed by atoms with Gasteiger partial charge in [-0.2, -0.15) is 0 Å². The number of rotatable bonds is 4. The molecule has 1 amide bonds. The van der Waals surface area contributed by atoms with Gasteiger partial charge in [0.25, 0.3) is 11.5 Å². The van der Waals surface area contributed by atoms with Crippen molar-refractivity contribution in [2.45, 2.75) is 25.5 Å². The van der Waals surface area contributed by atoms with Crippen LogP contribution in [0.1, 0.15) is 24.2 Å². The van der Waals surface area contributed by atoms with Gasteiger partial charge in [-0.05, 0) is 5.92 Å². The van der Waals surface area contributed by atoms with Crippen molar-refractivity contribution in [2.24, 2.45) is 5.92 Å². The standard InChI is InChI=1S/C11H15N3O3S/c1-7(2)6-17-13-9(15)8-5-12-11-14(10(8)16)3-4-18-11/h5,7H,3-4,6H2,1-2H3,(H,13,15). The van der Waals surface area contributed by atoms with E-state index in [2.05, 4.69) is 10.5 Å². The molecule has 1 aromatic rings. The molecule has 0 spiro atoms. The van der Waals surface area contributed by atoms with Crippen molar-refractivity contribution in [1.29, 1.82) is 0 Å². The lowest BCUT2D eigenvalue weighted by Gasteiger charge is -2.08. The Morgan fingerprint density at radius 3 is 3.17 bits per heavy atom. The summed E-state index contributed by atoms with van der Waals surface area (Å²) >= 11 is 1.51. The molecule has 0 unspecified atom stereocenters. The third kappa shape index (κ3) is 2.73. The normalized spacial score (nSPS) is 13.7. The molecule has 0 fully saturated rings. The van der Waals surface area contributed by atoms with Crippen LogP contribution in [-0.4, -0.2) is 27.8 Å². The molecule has 6 nitrogen and oxygen atoms in total. The second-order valence-corrected chi connectivity index (χ2v) is 5.46. The van der Waals surface area contributed by atoms with Gasteiger partial charge in [-0.3, -0.25) is 19.0 Å². The molecule has 1 aliphatic heterocycles. The number of fused-ring (bicyclic) bond motifs is 1. The number of hydrogen-bond donors (Lipinski definition) is 1. The molecule has 98 valence electrons. The Morgan fingerprint density at radius 1 is 1.67 bits per heavy atom. The van der Waals surface area contributed by atoms with Crippen molar-refractivity contribution < 1.29 is 9.63 Å². The van der Waals surface area contributed by atoms with E-state index >= 15 is 0 Å². The maximum absolute atomic E-state index is 12.0. The number of aromatic nitrogens is 2. The number of thioether (sulfide) groups is 1. The molecule has 7 heteroatoms. The van der Waals surface area contributed by atoms with Gasteiger partial charge in [-0.25, -0.2) is 10.5 Å². The minimum absolute atomic E-state index is 0.0185. The van der Waals surface area contributed by atoms with Gasteiger partial charge in [-0.1, -0.05) is 25.6 Å². The van der Waals surface area contributed by atoms with Crippen molar-refractivity contribution in [3.05, 3.63) is 22.1 Å². The van der Waals surface area contributed by atoms with E-state index in [9.17, 15) is 9.59 Å². The van der Waals surface area contributed by atoms with E-state index in [1.165, 1.54) is 22.5 Å². The highest BCUT2D eigenvalue weighted by atomic mass is 32.2. The monoisotopic (exact) mass is 269 g/mol. The van der Waals surface area contributed by atoms with E-state index < -0.39 is 5.91 Å². The van der Waals surface area contributed by atoms with Crippen molar-refractivity contribution in [3.63, 3.8) is 0 Å². The van der Waals surface area contributed by atoms with Crippen LogP contribution in [0.4, 0.5) is 0 Å². The lowest BCUT2D eigenvalue weighted by Crippen LogP contribution is -2.34. The molecule has 0 saturated heterocycles. The van der Waals surface area contributed by atoms with Crippen molar-refractivity contribution in [2.75, 3.05) is 12.4 Å². The first kappa shape index (κ1) is 13.1. The predicted molar refractivity (Wildman–Crippen MR) is 67.5 cm³/mol. The number of hydroxylamine groups is 1. The zero-order valence-corrected chi connectivity index (χ0v) is 11.1. The summed E-state index contributed by atoms with van der Waals surface area (Å²) in [5, 5.41) is 0.666. The Balaban J connectivity index is 2.10. The first-order chi connectivity index (χ1) is 8.59.